The molecule has 4 aromatic rings. The van der Waals surface area contributed by atoms with Gasteiger partial charge in [0.25, 0.3) is 5.91 Å². The van der Waals surface area contributed by atoms with E-state index in [4.69, 9.17) is 11.6 Å². The summed E-state index contributed by atoms with van der Waals surface area (Å²) in [6.45, 7) is 1.98. The lowest BCUT2D eigenvalue weighted by Crippen LogP contribution is -2.11. The van der Waals surface area contributed by atoms with Crippen molar-refractivity contribution in [3.05, 3.63) is 70.7 Å². The topological polar surface area (TPSA) is 42.0 Å². The first-order valence-electron chi connectivity index (χ1n) is 7.47. The summed E-state index contributed by atoms with van der Waals surface area (Å²) < 4.78 is 0.894. The Morgan fingerprint density at radius 2 is 1.88 bits per heavy atom. The second-order valence-corrected chi connectivity index (χ2v) is 6.98. The lowest BCUT2D eigenvalue weighted by atomic mass is 10.1. The fourth-order valence-electron chi connectivity index (χ4n) is 2.66. The number of carbonyl (C=O) groups excluding carboxylic acids is 1. The van der Waals surface area contributed by atoms with E-state index in [1.165, 1.54) is 11.3 Å². The molecular formula is C19H13ClN2OS. The van der Waals surface area contributed by atoms with E-state index in [-0.39, 0.29) is 5.91 Å². The van der Waals surface area contributed by atoms with E-state index in [9.17, 15) is 4.79 Å². The quantitative estimate of drug-likeness (QED) is 0.505. The second kappa shape index (κ2) is 5.89. The Kier molecular flexibility index (Phi) is 3.71. The number of benzene rings is 3. The average Bonchev–Trinajstić information content (AvgIpc) is 3.03. The van der Waals surface area contributed by atoms with Gasteiger partial charge in [-0.3, -0.25) is 10.1 Å². The van der Waals surface area contributed by atoms with Crippen molar-refractivity contribution >= 4 is 55.0 Å². The van der Waals surface area contributed by atoms with Gasteiger partial charge in [0.1, 0.15) is 0 Å². The molecule has 4 rings (SSSR count). The van der Waals surface area contributed by atoms with Crippen LogP contribution in [0.2, 0.25) is 5.02 Å². The molecule has 0 bridgehead atoms. The van der Waals surface area contributed by atoms with Crippen LogP contribution in [-0.4, -0.2) is 10.9 Å². The molecule has 5 heteroatoms. The number of rotatable bonds is 2. The Morgan fingerprint density at radius 3 is 2.67 bits per heavy atom. The Labute approximate surface area is 147 Å². The van der Waals surface area contributed by atoms with E-state index in [1.807, 2.05) is 61.5 Å². The molecule has 24 heavy (non-hydrogen) atoms. The van der Waals surface area contributed by atoms with Crippen LogP contribution in [0, 0.1) is 6.92 Å². The Morgan fingerprint density at radius 1 is 1.08 bits per heavy atom. The zero-order chi connectivity index (χ0) is 16.7. The average molecular weight is 353 g/mol. The van der Waals surface area contributed by atoms with Gasteiger partial charge in [0.05, 0.1) is 15.2 Å². The van der Waals surface area contributed by atoms with Crippen molar-refractivity contribution in [1.29, 1.82) is 0 Å². The molecular weight excluding hydrogens is 340 g/mol. The van der Waals surface area contributed by atoms with Gasteiger partial charge in [0.2, 0.25) is 0 Å². The molecule has 1 aromatic heterocycles. The molecule has 1 heterocycles. The lowest BCUT2D eigenvalue weighted by Gasteiger charge is -2.03. The summed E-state index contributed by atoms with van der Waals surface area (Å²) >= 11 is 7.61. The zero-order valence-corrected chi connectivity index (χ0v) is 14.4. The Hall–Kier alpha value is -2.43. The van der Waals surface area contributed by atoms with Crippen molar-refractivity contribution in [3.8, 4) is 0 Å². The fourth-order valence-corrected chi connectivity index (χ4v) is 3.87. The van der Waals surface area contributed by atoms with Crippen LogP contribution in [0.25, 0.3) is 21.0 Å². The molecule has 118 valence electrons. The van der Waals surface area contributed by atoms with Gasteiger partial charge < -0.3 is 0 Å². The molecule has 3 aromatic carbocycles. The van der Waals surface area contributed by atoms with Crippen molar-refractivity contribution in [3.63, 3.8) is 0 Å². The summed E-state index contributed by atoms with van der Waals surface area (Å²) in [5, 5.41) is 6.23. The van der Waals surface area contributed by atoms with E-state index in [0.29, 0.717) is 15.7 Å². The fraction of sp³-hybridized carbons (Fsp3) is 0.0526. The number of nitrogens with one attached hydrogen (secondary N) is 1. The number of anilines is 1. The third-order valence-electron chi connectivity index (χ3n) is 3.93. The van der Waals surface area contributed by atoms with Gasteiger partial charge in [-0.05, 0) is 41.5 Å². The number of amides is 1. The molecule has 0 radical (unpaired) electrons. The van der Waals surface area contributed by atoms with Crippen molar-refractivity contribution in [2.45, 2.75) is 6.92 Å². The highest BCUT2D eigenvalue weighted by Crippen LogP contribution is 2.34. The van der Waals surface area contributed by atoms with Gasteiger partial charge in [-0.2, -0.15) is 0 Å². The normalized spacial score (nSPS) is 11.1. The molecule has 1 amide bonds. The van der Waals surface area contributed by atoms with E-state index in [2.05, 4.69) is 10.3 Å². The van der Waals surface area contributed by atoms with Gasteiger partial charge in [0.15, 0.2) is 5.13 Å². The first-order valence-corrected chi connectivity index (χ1v) is 8.67. The third-order valence-corrected chi connectivity index (χ3v) is 5.36. The summed E-state index contributed by atoms with van der Waals surface area (Å²) in [5.41, 5.74) is 2.48. The lowest BCUT2D eigenvalue weighted by molar-refractivity contribution is 0.102. The number of hydrogen-bond donors (Lipinski definition) is 1. The van der Waals surface area contributed by atoms with Crippen LogP contribution in [0.3, 0.4) is 0 Å². The number of hydrogen-bond acceptors (Lipinski definition) is 3. The molecule has 0 aliphatic rings. The monoisotopic (exact) mass is 352 g/mol. The predicted octanol–water partition coefficient (Wildman–Crippen LogP) is 5.66. The van der Waals surface area contributed by atoms with Crippen LogP contribution in [0.5, 0.6) is 0 Å². The smallest absolute Gasteiger partial charge is 0.257 e. The third kappa shape index (κ3) is 2.64. The number of nitrogens with zero attached hydrogens (tertiary/aromatic N) is 1. The molecule has 1 N–H and O–H groups in total. The standard InChI is InChI=1S/C19H13ClN2OS/c1-11-6-9-15(20)17-16(11)21-19(24-17)22-18(23)14-8-7-12-4-2-3-5-13(12)10-14/h2-10H,1H3,(H,21,22,23). The van der Waals surface area contributed by atoms with Gasteiger partial charge in [-0.15, -0.1) is 0 Å². The largest absolute Gasteiger partial charge is 0.298 e. The Balaban J connectivity index is 1.68. The van der Waals surface area contributed by atoms with Gasteiger partial charge in [-0.25, -0.2) is 4.98 Å². The highest BCUT2D eigenvalue weighted by molar-refractivity contribution is 7.23. The molecule has 0 spiro atoms. The summed E-state index contributed by atoms with van der Waals surface area (Å²) in [6, 6.07) is 17.4. The van der Waals surface area contributed by atoms with Crippen LogP contribution < -0.4 is 5.32 Å². The Bertz CT molecular complexity index is 1050. The molecule has 0 aliphatic heterocycles. The summed E-state index contributed by atoms with van der Waals surface area (Å²) in [4.78, 5) is 17.0. The summed E-state index contributed by atoms with van der Waals surface area (Å²) in [6.07, 6.45) is 0. The van der Waals surface area contributed by atoms with Gasteiger partial charge >= 0.3 is 0 Å². The molecule has 0 saturated heterocycles. The van der Waals surface area contributed by atoms with Crippen LogP contribution in [-0.2, 0) is 0 Å². The van der Waals surface area contributed by atoms with Crippen LogP contribution in [0.1, 0.15) is 15.9 Å². The number of carbonyl (C=O) groups is 1. The molecule has 0 atom stereocenters. The maximum atomic E-state index is 12.5. The van der Waals surface area contributed by atoms with Crippen molar-refractivity contribution in [2.75, 3.05) is 5.32 Å². The van der Waals surface area contributed by atoms with Gasteiger partial charge in [-0.1, -0.05) is 59.3 Å². The highest BCUT2D eigenvalue weighted by atomic mass is 35.5. The molecule has 0 aliphatic carbocycles. The van der Waals surface area contributed by atoms with Crippen molar-refractivity contribution in [2.24, 2.45) is 0 Å². The van der Waals surface area contributed by atoms with Crippen LogP contribution in [0.4, 0.5) is 5.13 Å². The SMILES string of the molecule is Cc1ccc(Cl)c2sc(NC(=O)c3ccc4ccccc4c3)nc12. The summed E-state index contributed by atoms with van der Waals surface area (Å²) in [7, 11) is 0. The number of aromatic nitrogens is 1. The van der Waals surface area contributed by atoms with E-state index in [0.717, 1.165) is 26.6 Å². The number of fused-ring (bicyclic) bond motifs is 2. The van der Waals surface area contributed by atoms with E-state index in [1.54, 1.807) is 0 Å². The minimum absolute atomic E-state index is 0.173. The molecule has 0 saturated carbocycles. The number of thiazole rings is 1. The number of halogens is 1. The predicted molar refractivity (Wildman–Crippen MR) is 101 cm³/mol. The zero-order valence-electron chi connectivity index (χ0n) is 12.8. The summed E-state index contributed by atoms with van der Waals surface area (Å²) in [5.74, 6) is -0.173. The first-order chi connectivity index (χ1) is 11.6. The highest BCUT2D eigenvalue weighted by Gasteiger charge is 2.13. The maximum Gasteiger partial charge on any atom is 0.257 e. The van der Waals surface area contributed by atoms with E-state index >= 15 is 0 Å². The maximum absolute atomic E-state index is 12.5. The number of aryl methyl sites for hydroxylation is 1. The minimum Gasteiger partial charge on any atom is -0.298 e. The molecule has 0 fully saturated rings. The van der Waals surface area contributed by atoms with Crippen LogP contribution >= 0.6 is 22.9 Å². The van der Waals surface area contributed by atoms with Crippen molar-refractivity contribution < 1.29 is 4.79 Å². The van der Waals surface area contributed by atoms with E-state index < -0.39 is 0 Å². The molecule has 0 unspecified atom stereocenters. The second-order valence-electron chi connectivity index (χ2n) is 5.58. The molecule has 3 nitrogen and oxygen atoms in total. The minimum atomic E-state index is -0.173. The van der Waals surface area contributed by atoms with Crippen molar-refractivity contribution in [1.82, 2.24) is 4.98 Å². The first kappa shape index (κ1) is 15.1. The van der Waals surface area contributed by atoms with Crippen LogP contribution in [0.15, 0.2) is 54.6 Å². The van der Waals surface area contributed by atoms with Gasteiger partial charge in [0, 0.05) is 5.56 Å².